The van der Waals surface area contributed by atoms with Gasteiger partial charge in [-0.15, -0.1) is 0 Å². The third-order valence-corrected chi connectivity index (χ3v) is 4.93. The van der Waals surface area contributed by atoms with Crippen LogP contribution in [0, 0.1) is 11.3 Å². The minimum atomic E-state index is -0.891. The molecule has 3 amide bonds. The molecule has 0 aromatic heterocycles. The molecule has 2 atom stereocenters. The first-order valence-electron chi connectivity index (χ1n) is 7.38. The van der Waals surface area contributed by atoms with E-state index in [1.807, 2.05) is 13.8 Å². The lowest BCUT2D eigenvalue weighted by Gasteiger charge is -2.31. The molecule has 0 radical (unpaired) electrons. The first-order valence-corrected chi connectivity index (χ1v) is 7.38. The molecule has 2 aliphatic rings. The highest BCUT2D eigenvalue weighted by Gasteiger charge is 2.50. The fourth-order valence-electron chi connectivity index (χ4n) is 3.36. The van der Waals surface area contributed by atoms with Crippen LogP contribution in [-0.2, 0) is 9.59 Å². The number of carboxylic acids is 1. The Balaban J connectivity index is 2.12. The summed E-state index contributed by atoms with van der Waals surface area (Å²) in [4.78, 5) is 38.6. The van der Waals surface area contributed by atoms with Crippen LogP contribution in [0.25, 0.3) is 0 Å². The smallest absolute Gasteiger partial charge is 0.320 e. The van der Waals surface area contributed by atoms with E-state index in [0.717, 1.165) is 6.42 Å². The van der Waals surface area contributed by atoms with E-state index in [1.165, 1.54) is 4.90 Å². The van der Waals surface area contributed by atoms with Crippen LogP contribution in [0.2, 0.25) is 0 Å². The van der Waals surface area contributed by atoms with Crippen molar-refractivity contribution in [3.05, 3.63) is 0 Å². The summed E-state index contributed by atoms with van der Waals surface area (Å²) in [5, 5.41) is 9.51. The van der Waals surface area contributed by atoms with Crippen molar-refractivity contribution in [1.82, 2.24) is 9.80 Å². The summed E-state index contributed by atoms with van der Waals surface area (Å²) in [6.45, 7) is 4.84. The van der Waals surface area contributed by atoms with Crippen molar-refractivity contribution in [2.75, 3.05) is 19.6 Å². The van der Waals surface area contributed by atoms with Gasteiger partial charge in [0, 0.05) is 19.6 Å². The molecule has 2 rings (SSSR count). The van der Waals surface area contributed by atoms with Crippen molar-refractivity contribution in [2.45, 2.75) is 39.2 Å². The molecule has 0 aromatic rings. The average Bonchev–Trinajstić information content (AvgIpc) is 3.05. The molecule has 118 valence electrons. The summed E-state index contributed by atoms with van der Waals surface area (Å²) >= 11 is 0. The number of likely N-dealkylation sites (tertiary alicyclic amines) is 2. The van der Waals surface area contributed by atoms with Crippen LogP contribution in [-0.4, -0.2) is 58.5 Å². The third kappa shape index (κ3) is 2.56. The Kier molecular flexibility index (Phi) is 4.11. The van der Waals surface area contributed by atoms with Gasteiger partial charge in [0.15, 0.2) is 0 Å². The maximum Gasteiger partial charge on any atom is 0.320 e. The van der Waals surface area contributed by atoms with Gasteiger partial charge in [0.2, 0.25) is 5.91 Å². The van der Waals surface area contributed by atoms with Crippen LogP contribution in [0.1, 0.15) is 33.1 Å². The molecule has 0 saturated carbocycles. The van der Waals surface area contributed by atoms with E-state index in [4.69, 9.17) is 5.73 Å². The Labute approximate surface area is 124 Å². The Morgan fingerprint density at radius 1 is 1.29 bits per heavy atom. The number of nitrogens with two attached hydrogens (primary N) is 1. The molecule has 7 nitrogen and oxygen atoms in total. The molecule has 2 unspecified atom stereocenters. The molecule has 0 spiro atoms. The van der Waals surface area contributed by atoms with Crippen LogP contribution in [0.15, 0.2) is 0 Å². The van der Waals surface area contributed by atoms with Crippen LogP contribution in [0.4, 0.5) is 4.79 Å². The summed E-state index contributed by atoms with van der Waals surface area (Å²) in [7, 11) is 0. The average molecular weight is 297 g/mol. The molecular formula is C14H23N3O4. The minimum Gasteiger partial charge on any atom is -0.481 e. The Morgan fingerprint density at radius 3 is 2.43 bits per heavy atom. The van der Waals surface area contributed by atoms with E-state index in [9.17, 15) is 19.5 Å². The van der Waals surface area contributed by atoms with E-state index in [2.05, 4.69) is 0 Å². The van der Waals surface area contributed by atoms with Gasteiger partial charge in [-0.1, -0.05) is 13.8 Å². The Bertz CT molecular complexity index is 465. The fraction of sp³-hybridized carbons (Fsp3) is 0.786. The summed E-state index contributed by atoms with van der Waals surface area (Å²) in [6.07, 6.45) is 1.78. The number of amides is 3. The highest BCUT2D eigenvalue weighted by atomic mass is 16.4. The second-order valence-corrected chi connectivity index (χ2v) is 6.32. The summed E-state index contributed by atoms with van der Waals surface area (Å²) in [5.74, 6) is -1.41. The van der Waals surface area contributed by atoms with Gasteiger partial charge < -0.3 is 20.6 Å². The summed E-state index contributed by atoms with van der Waals surface area (Å²) in [6, 6.07) is -0.823. The van der Waals surface area contributed by atoms with Gasteiger partial charge in [-0.05, 0) is 25.2 Å². The van der Waals surface area contributed by atoms with Crippen molar-refractivity contribution in [1.29, 1.82) is 0 Å². The molecule has 2 aliphatic heterocycles. The quantitative estimate of drug-likeness (QED) is 0.791. The molecule has 0 aromatic carbocycles. The number of primary amides is 1. The third-order valence-electron chi connectivity index (χ3n) is 4.93. The van der Waals surface area contributed by atoms with E-state index in [1.54, 1.807) is 4.90 Å². The predicted molar refractivity (Wildman–Crippen MR) is 75.4 cm³/mol. The molecule has 2 fully saturated rings. The van der Waals surface area contributed by atoms with Crippen LogP contribution in [0.3, 0.4) is 0 Å². The second-order valence-electron chi connectivity index (χ2n) is 6.32. The van der Waals surface area contributed by atoms with Gasteiger partial charge in [-0.2, -0.15) is 0 Å². The summed E-state index contributed by atoms with van der Waals surface area (Å²) in [5.41, 5.74) is 4.44. The molecule has 2 heterocycles. The van der Waals surface area contributed by atoms with E-state index >= 15 is 0 Å². The zero-order valence-electron chi connectivity index (χ0n) is 12.5. The summed E-state index contributed by atoms with van der Waals surface area (Å²) < 4.78 is 0. The van der Waals surface area contributed by atoms with Crippen LogP contribution >= 0.6 is 0 Å². The molecule has 7 heteroatoms. The van der Waals surface area contributed by atoms with Gasteiger partial charge in [0.1, 0.15) is 6.04 Å². The maximum atomic E-state index is 12.5. The number of carbonyl (C=O) groups excluding carboxylic acids is 2. The molecule has 21 heavy (non-hydrogen) atoms. The topological polar surface area (TPSA) is 104 Å². The van der Waals surface area contributed by atoms with E-state index in [0.29, 0.717) is 25.9 Å². The van der Waals surface area contributed by atoms with Crippen molar-refractivity contribution < 1.29 is 19.5 Å². The van der Waals surface area contributed by atoms with Crippen molar-refractivity contribution in [3.8, 4) is 0 Å². The van der Waals surface area contributed by atoms with Gasteiger partial charge in [-0.3, -0.25) is 9.59 Å². The lowest BCUT2D eigenvalue weighted by Crippen LogP contribution is -2.50. The molecular weight excluding hydrogens is 274 g/mol. The normalized spacial score (nSPS) is 29.2. The van der Waals surface area contributed by atoms with E-state index in [-0.39, 0.29) is 18.5 Å². The highest BCUT2D eigenvalue weighted by Crippen LogP contribution is 2.39. The van der Waals surface area contributed by atoms with E-state index < -0.39 is 23.3 Å². The zero-order chi connectivity index (χ0) is 15.8. The number of rotatable bonds is 3. The number of carboxylic acid groups (broad SMARTS) is 1. The van der Waals surface area contributed by atoms with Crippen molar-refractivity contribution in [3.63, 3.8) is 0 Å². The largest absolute Gasteiger partial charge is 0.481 e. The van der Waals surface area contributed by atoms with Crippen molar-refractivity contribution in [2.24, 2.45) is 17.1 Å². The highest BCUT2D eigenvalue weighted by molar-refractivity contribution is 5.87. The molecule has 3 N–H and O–H groups in total. The Morgan fingerprint density at radius 2 is 1.95 bits per heavy atom. The number of hydrogen-bond acceptors (Lipinski definition) is 3. The minimum absolute atomic E-state index is 0.0571. The van der Waals surface area contributed by atoms with Gasteiger partial charge >= 0.3 is 12.0 Å². The van der Waals surface area contributed by atoms with Crippen LogP contribution < -0.4 is 5.73 Å². The first-order chi connectivity index (χ1) is 9.79. The van der Waals surface area contributed by atoms with Gasteiger partial charge in [0.25, 0.3) is 0 Å². The first kappa shape index (κ1) is 15.6. The number of carbonyl (C=O) groups is 3. The number of hydrogen-bond donors (Lipinski definition) is 2. The van der Waals surface area contributed by atoms with Crippen molar-refractivity contribution >= 4 is 17.9 Å². The fourth-order valence-corrected chi connectivity index (χ4v) is 3.36. The second kappa shape index (κ2) is 5.54. The Hall–Kier alpha value is -1.79. The lowest BCUT2D eigenvalue weighted by atomic mass is 9.76. The van der Waals surface area contributed by atoms with Gasteiger partial charge in [0.05, 0.1) is 5.41 Å². The predicted octanol–water partition coefficient (Wildman–Crippen LogP) is 0.489. The number of aliphatic carboxylic acids is 1. The number of nitrogens with zero attached hydrogens (tertiary/aromatic N) is 2. The number of urea groups is 1. The SMILES string of the molecule is CC(C)C1(C(=O)O)CCN(C(=O)N2CCCC2C(N)=O)C1. The van der Waals surface area contributed by atoms with Crippen LogP contribution in [0.5, 0.6) is 0 Å². The maximum absolute atomic E-state index is 12.5. The molecule has 0 bridgehead atoms. The standard InChI is InChI=1S/C14H23N3O4/c1-9(2)14(12(19)20)5-7-16(8-14)13(21)17-6-3-4-10(17)11(15)18/h9-10H,3-8H2,1-2H3,(H2,15,18)(H,19,20). The monoisotopic (exact) mass is 297 g/mol. The van der Waals surface area contributed by atoms with Gasteiger partial charge in [-0.25, -0.2) is 4.79 Å². The lowest BCUT2D eigenvalue weighted by molar-refractivity contribution is -0.150. The molecule has 2 saturated heterocycles. The zero-order valence-corrected chi connectivity index (χ0v) is 12.5. The molecule has 0 aliphatic carbocycles.